The summed E-state index contributed by atoms with van der Waals surface area (Å²) >= 11 is 9.25. The highest BCUT2D eigenvalue weighted by atomic mass is 79.9. The number of amides is 2. The molecule has 2 atom stereocenters. The predicted octanol–water partition coefficient (Wildman–Crippen LogP) is 4.77. The lowest BCUT2D eigenvalue weighted by Gasteiger charge is -2.46. The molecule has 1 aliphatic rings. The topological polar surface area (TPSA) is 49.9 Å². The van der Waals surface area contributed by atoms with Gasteiger partial charge in [0.1, 0.15) is 11.4 Å². The Morgan fingerprint density at radius 3 is 2.38 bits per heavy atom. The highest BCUT2D eigenvalue weighted by molar-refractivity contribution is 9.10. The average molecular weight is 450 g/mol. The fourth-order valence-electron chi connectivity index (χ4n) is 3.14. The second-order valence-electron chi connectivity index (χ2n) is 7.36. The lowest BCUT2D eigenvalue weighted by Crippen LogP contribution is -2.57. The average Bonchev–Trinajstić information content (AvgIpc) is 2.48. The van der Waals surface area contributed by atoms with Crippen molar-refractivity contribution in [3.63, 3.8) is 0 Å². The highest BCUT2D eigenvalue weighted by Crippen LogP contribution is 2.37. The number of carbonyl (C=O) groups is 2. The summed E-state index contributed by atoms with van der Waals surface area (Å²) in [7, 11) is 0. The zero-order chi connectivity index (χ0) is 19.8. The zero-order valence-corrected chi connectivity index (χ0v) is 17.8. The predicted molar refractivity (Wildman–Crippen MR) is 102 cm³/mol. The molecule has 0 radical (unpaired) electrons. The molecule has 5 nitrogen and oxygen atoms in total. The number of ether oxygens (including phenoxy) is 1. The van der Waals surface area contributed by atoms with Gasteiger partial charge in [-0.15, -0.1) is 0 Å². The molecule has 144 valence electrons. The van der Waals surface area contributed by atoms with Crippen LogP contribution < -0.4 is 0 Å². The third-order valence-corrected chi connectivity index (χ3v) is 5.03. The zero-order valence-electron chi connectivity index (χ0n) is 15.5. The number of piperazine rings is 1. The first-order valence-electron chi connectivity index (χ1n) is 8.33. The molecule has 0 bridgehead atoms. The molecule has 0 saturated carbocycles. The first kappa shape index (κ1) is 21.0. The summed E-state index contributed by atoms with van der Waals surface area (Å²) in [5.74, 6) is -0.690. The Morgan fingerprint density at radius 1 is 1.27 bits per heavy atom. The van der Waals surface area contributed by atoms with Crippen LogP contribution in [0.2, 0.25) is 5.02 Å². The van der Waals surface area contributed by atoms with Gasteiger partial charge in [-0.2, -0.15) is 0 Å². The summed E-state index contributed by atoms with van der Waals surface area (Å²) < 4.78 is 20.5. The van der Waals surface area contributed by atoms with Crippen molar-refractivity contribution in [2.45, 2.75) is 52.3 Å². The van der Waals surface area contributed by atoms with Crippen LogP contribution in [0.5, 0.6) is 0 Å². The van der Waals surface area contributed by atoms with Crippen molar-refractivity contribution >= 4 is 39.5 Å². The quantitative estimate of drug-likeness (QED) is 0.580. The lowest BCUT2D eigenvalue weighted by atomic mass is 9.94. The molecule has 8 heteroatoms. The van der Waals surface area contributed by atoms with Crippen LogP contribution in [0.15, 0.2) is 16.6 Å². The monoisotopic (exact) mass is 448 g/mol. The number of rotatable bonds is 1. The molecule has 2 unspecified atom stereocenters. The third-order valence-electron chi connectivity index (χ3n) is 4.24. The van der Waals surface area contributed by atoms with Gasteiger partial charge in [0, 0.05) is 30.6 Å². The summed E-state index contributed by atoms with van der Waals surface area (Å²) in [6, 6.07) is 1.81. The van der Waals surface area contributed by atoms with Crippen molar-refractivity contribution < 1.29 is 18.7 Å². The fourth-order valence-corrected chi connectivity index (χ4v) is 3.97. The Labute approximate surface area is 166 Å². The Kier molecular flexibility index (Phi) is 6.23. The van der Waals surface area contributed by atoms with E-state index in [0.29, 0.717) is 11.6 Å². The van der Waals surface area contributed by atoms with Crippen molar-refractivity contribution in [2.24, 2.45) is 0 Å². The molecule has 1 heterocycles. The Bertz CT molecular complexity index is 723. The maximum atomic E-state index is 14.8. The summed E-state index contributed by atoms with van der Waals surface area (Å²) in [4.78, 5) is 27.8. The number of carbonyl (C=O) groups excluding carboxylic acids is 2. The van der Waals surface area contributed by atoms with E-state index in [1.165, 1.54) is 24.0 Å². The molecule has 2 amide bonds. The van der Waals surface area contributed by atoms with E-state index in [9.17, 15) is 14.0 Å². The number of halogens is 3. The molecule has 0 spiro atoms. The van der Waals surface area contributed by atoms with E-state index in [0.717, 1.165) is 0 Å². The number of hydrogen-bond donors (Lipinski definition) is 0. The van der Waals surface area contributed by atoms with Crippen molar-refractivity contribution in [2.75, 3.05) is 13.1 Å². The molecule has 26 heavy (non-hydrogen) atoms. The molecular formula is C18H23BrClFN2O3. The fraction of sp³-hybridized carbons (Fsp3) is 0.556. The smallest absolute Gasteiger partial charge is 0.410 e. The molecular weight excluding hydrogens is 427 g/mol. The molecule has 1 saturated heterocycles. The highest BCUT2D eigenvalue weighted by Gasteiger charge is 2.41. The van der Waals surface area contributed by atoms with Gasteiger partial charge in [0.15, 0.2) is 0 Å². The second kappa shape index (κ2) is 7.72. The first-order chi connectivity index (χ1) is 11.9. The van der Waals surface area contributed by atoms with Gasteiger partial charge >= 0.3 is 6.09 Å². The summed E-state index contributed by atoms with van der Waals surface area (Å²) in [5, 5.41) is 0.346. The minimum absolute atomic E-state index is 0.193. The van der Waals surface area contributed by atoms with Crippen LogP contribution in [0.4, 0.5) is 9.18 Å². The van der Waals surface area contributed by atoms with Crippen LogP contribution in [0, 0.1) is 5.82 Å². The van der Waals surface area contributed by atoms with E-state index in [4.69, 9.17) is 16.3 Å². The van der Waals surface area contributed by atoms with Gasteiger partial charge in [-0.05, 0) is 55.8 Å². The SMILES string of the molecule is CC(=O)N1CCN(C(=O)OC(C)(C)C)C(C)C1c1cc(Cl)cc(Br)c1F. The van der Waals surface area contributed by atoms with E-state index in [1.54, 1.807) is 32.6 Å². The van der Waals surface area contributed by atoms with Crippen molar-refractivity contribution in [3.8, 4) is 0 Å². The van der Waals surface area contributed by atoms with Crippen LogP contribution >= 0.6 is 27.5 Å². The van der Waals surface area contributed by atoms with E-state index in [-0.39, 0.29) is 22.5 Å². The van der Waals surface area contributed by atoms with Crippen LogP contribution in [0.3, 0.4) is 0 Å². The Hall–Kier alpha value is -1.34. The Morgan fingerprint density at radius 2 is 1.85 bits per heavy atom. The number of hydrogen-bond acceptors (Lipinski definition) is 3. The number of benzene rings is 1. The van der Waals surface area contributed by atoms with Crippen molar-refractivity contribution in [1.29, 1.82) is 0 Å². The molecule has 1 aromatic rings. The molecule has 1 aromatic carbocycles. The van der Waals surface area contributed by atoms with Crippen LogP contribution in [-0.2, 0) is 9.53 Å². The second-order valence-corrected chi connectivity index (χ2v) is 8.65. The van der Waals surface area contributed by atoms with Crippen molar-refractivity contribution in [3.05, 3.63) is 33.0 Å². The van der Waals surface area contributed by atoms with Gasteiger partial charge in [-0.3, -0.25) is 4.79 Å². The molecule has 1 aliphatic heterocycles. The first-order valence-corrected chi connectivity index (χ1v) is 9.50. The molecule has 0 N–H and O–H groups in total. The molecule has 1 fully saturated rings. The normalized spacial score (nSPS) is 20.9. The Balaban J connectivity index is 2.45. The van der Waals surface area contributed by atoms with Crippen molar-refractivity contribution in [1.82, 2.24) is 9.80 Å². The molecule has 0 aromatic heterocycles. The van der Waals surface area contributed by atoms with Gasteiger partial charge in [0.25, 0.3) is 0 Å². The summed E-state index contributed by atoms with van der Waals surface area (Å²) in [5.41, 5.74) is -0.380. The number of nitrogens with zero attached hydrogens (tertiary/aromatic N) is 2. The van der Waals surface area contributed by atoms with E-state index in [2.05, 4.69) is 15.9 Å². The summed E-state index contributed by atoms with van der Waals surface area (Å²) in [6.07, 6.45) is -0.486. The van der Waals surface area contributed by atoms with E-state index in [1.807, 2.05) is 0 Å². The van der Waals surface area contributed by atoms with Crippen LogP contribution in [-0.4, -0.2) is 46.5 Å². The third kappa shape index (κ3) is 4.49. The van der Waals surface area contributed by atoms with Gasteiger partial charge < -0.3 is 14.5 Å². The van der Waals surface area contributed by atoms with Gasteiger partial charge in [-0.1, -0.05) is 11.6 Å². The largest absolute Gasteiger partial charge is 0.444 e. The van der Waals surface area contributed by atoms with Crippen LogP contribution in [0.1, 0.15) is 46.2 Å². The van der Waals surface area contributed by atoms with Gasteiger partial charge in [0.2, 0.25) is 5.91 Å². The van der Waals surface area contributed by atoms with E-state index < -0.39 is 29.6 Å². The maximum absolute atomic E-state index is 14.8. The van der Waals surface area contributed by atoms with Crippen LogP contribution in [0.25, 0.3) is 0 Å². The molecule has 2 rings (SSSR count). The maximum Gasteiger partial charge on any atom is 0.410 e. The lowest BCUT2D eigenvalue weighted by molar-refractivity contribution is -0.136. The standard InChI is InChI=1S/C18H23BrClFN2O3/c1-10-16(13-8-12(20)9-14(19)15(13)21)23(11(2)24)7-6-22(10)17(25)26-18(3,4)5/h8-10,16H,6-7H2,1-5H3. The van der Waals surface area contributed by atoms with E-state index >= 15 is 0 Å². The molecule has 0 aliphatic carbocycles. The minimum Gasteiger partial charge on any atom is -0.444 e. The summed E-state index contributed by atoms with van der Waals surface area (Å²) in [6.45, 7) is 9.16. The van der Waals surface area contributed by atoms with Gasteiger partial charge in [0.05, 0.1) is 16.6 Å². The van der Waals surface area contributed by atoms with Gasteiger partial charge in [-0.25, -0.2) is 9.18 Å². The minimum atomic E-state index is -0.663.